The van der Waals surface area contributed by atoms with Crippen LogP contribution in [0.3, 0.4) is 0 Å². The summed E-state index contributed by atoms with van der Waals surface area (Å²) >= 11 is 1.41. The van der Waals surface area contributed by atoms with Gasteiger partial charge >= 0.3 is 0 Å². The van der Waals surface area contributed by atoms with Gasteiger partial charge in [-0.25, -0.2) is 4.39 Å². The minimum Gasteiger partial charge on any atom is -0.478 e. The third-order valence-electron chi connectivity index (χ3n) is 3.49. The lowest BCUT2D eigenvalue weighted by atomic mass is 10.1. The number of hydrazine groups is 1. The molecule has 2 aromatic rings. The van der Waals surface area contributed by atoms with Gasteiger partial charge in [-0.15, -0.1) is 11.3 Å². The van der Waals surface area contributed by atoms with E-state index in [0.29, 0.717) is 0 Å². The van der Waals surface area contributed by atoms with Crippen LogP contribution in [0, 0.1) is 5.82 Å². The molecule has 0 fully saturated rings. The van der Waals surface area contributed by atoms with Crippen molar-refractivity contribution in [2.75, 3.05) is 0 Å². The van der Waals surface area contributed by atoms with Crippen LogP contribution in [0.4, 0.5) is 4.39 Å². The Balaban J connectivity index is 1.85. The van der Waals surface area contributed by atoms with Gasteiger partial charge in [-0.3, -0.25) is 25.2 Å². The molecule has 0 radical (unpaired) electrons. The quantitative estimate of drug-likeness (QED) is 0.628. The molecule has 0 bridgehead atoms. The molecule has 0 aliphatic rings. The van der Waals surface area contributed by atoms with Crippen molar-refractivity contribution in [1.82, 2.24) is 16.2 Å². The molecule has 3 amide bonds. The Morgan fingerprint density at radius 3 is 2.52 bits per heavy atom. The molecule has 3 N–H and O–H groups in total. The van der Waals surface area contributed by atoms with Crippen LogP contribution < -0.4 is 20.9 Å². The first-order valence-corrected chi connectivity index (χ1v) is 9.05. The first kappa shape index (κ1) is 20.4. The van der Waals surface area contributed by atoms with Gasteiger partial charge in [0, 0.05) is 11.8 Å². The lowest BCUT2D eigenvalue weighted by Gasteiger charge is -2.18. The highest BCUT2D eigenvalue weighted by Crippen LogP contribution is 2.22. The van der Waals surface area contributed by atoms with Gasteiger partial charge in [0.05, 0.1) is 12.5 Å². The topological polar surface area (TPSA) is 96.5 Å². The highest BCUT2D eigenvalue weighted by atomic mass is 32.1. The Bertz CT molecular complexity index is 798. The van der Waals surface area contributed by atoms with Crippen LogP contribution in [0.5, 0.6) is 5.75 Å². The number of thiophene rings is 1. The van der Waals surface area contributed by atoms with Gasteiger partial charge in [-0.1, -0.05) is 18.2 Å². The maximum absolute atomic E-state index is 13.5. The number of carbonyl (C=O) groups excluding carboxylic acids is 3. The number of rotatable bonds is 7. The summed E-state index contributed by atoms with van der Waals surface area (Å²) in [6.45, 7) is 2.79. The second-order valence-corrected chi connectivity index (χ2v) is 6.68. The van der Waals surface area contributed by atoms with Crippen LogP contribution in [0.15, 0.2) is 41.8 Å². The third kappa shape index (κ3) is 6.37. The number of carbonyl (C=O) groups is 3. The molecule has 27 heavy (non-hydrogen) atoms. The van der Waals surface area contributed by atoms with Crippen molar-refractivity contribution in [2.45, 2.75) is 32.4 Å². The normalized spacial score (nSPS) is 12.6. The summed E-state index contributed by atoms with van der Waals surface area (Å²) < 4.78 is 18.8. The maximum atomic E-state index is 13.5. The van der Waals surface area contributed by atoms with Crippen LogP contribution in [0.25, 0.3) is 0 Å². The van der Waals surface area contributed by atoms with Crippen molar-refractivity contribution >= 4 is 29.1 Å². The van der Waals surface area contributed by atoms with Gasteiger partial charge in [0.15, 0.2) is 17.7 Å². The second-order valence-electron chi connectivity index (χ2n) is 5.70. The Morgan fingerprint density at radius 1 is 1.15 bits per heavy atom. The van der Waals surface area contributed by atoms with E-state index in [4.69, 9.17) is 4.74 Å². The van der Waals surface area contributed by atoms with Crippen molar-refractivity contribution < 1.29 is 23.5 Å². The summed E-state index contributed by atoms with van der Waals surface area (Å²) in [6.07, 6.45) is -1.08. The van der Waals surface area contributed by atoms with Crippen LogP contribution in [0.1, 0.15) is 31.2 Å². The summed E-state index contributed by atoms with van der Waals surface area (Å²) in [5.41, 5.74) is 4.50. The van der Waals surface area contributed by atoms with E-state index in [0.717, 1.165) is 4.88 Å². The average molecular weight is 393 g/mol. The lowest BCUT2D eigenvalue weighted by Crippen LogP contribution is -2.48. The van der Waals surface area contributed by atoms with Crippen molar-refractivity contribution in [1.29, 1.82) is 0 Å². The zero-order valence-corrected chi connectivity index (χ0v) is 15.6. The smallest absolute Gasteiger partial charge is 0.279 e. The molecule has 2 rings (SSSR count). The number of hydrogen-bond donors (Lipinski definition) is 3. The third-order valence-corrected chi connectivity index (χ3v) is 4.47. The van der Waals surface area contributed by atoms with E-state index in [2.05, 4.69) is 16.2 Å². The Hall–Kier alpha value is -2.94. The first-order valence-electron chi connectivity index (χ1n) is 8.17. The summed E-state index contributed by atoms with van der Waals surface area (Å²) in [5.74, 6) is -2.05. The zero-order valence-electron chi connectivity index (χ0n) is 14.8. The average Bonchev–Trinajstić information content (AvgIpc) is 3.15. The Morgan fingerprint density at radius 2 is 1.89 bits per heavy atom. The molecular formula is C18H20FN3O4S. The van der Waals surface area contributed by atoms with Gasteiger partial charge in [0.1, 0.15) is 0 Å². The van der Waals surface area contributed by atoms with Crippen LogP contribution in [-0.2, 0) is 14.4 Å². The summed E-state index contributed by atoms with van der Waals surface area (Å²) in [5, 5.41) is 4.53. The number of nitrogens with one attached hydrogen (secondary N) is 3. The molecule has 1 aromatic heterocycles. The second kappa shape index (κ2) is 9.67. The van der Waals surface area contributed by atoms with Crippen molar-refractivity contribution in [3.63, 3.8) is 0 Å². The molecule has 0 spiro atoms. The van der Waals surface area contributed by atoms with Gasteiger partial charge < -0.3 is 10.1 Å². The van der Waals surface area contributed by atoms with Crippen molar-refractivity contribution in [3.8, 4) is 5.75 Å². The van der Waals surface area contributed by atoms with Gasteiger partial charge in [0.25, 0.3) is 5.91 Å². The minimum absolute atomic E-state index is 0.0527. The molecule has 1 heterocycles. The predicted octanol–water partition coefficient (Wildman–Crippen LogP) is 2.07. The monoisotopic (exact) mass is 393 g/mol. The van der Waals surface area contributed by atoms with E-state index in [-0.39, 0.29) is 18.1 Å². The first-order chi connectivity index (χ1) is 12.9. The standard InChI is InChI=1S/C18H20FN3O4S/c1-11(26-15-7-4-3-6-13(15)19)18(25)22-21-17(24)10-14(20-12(2)23)16-8-5-9-27-16/h3-9,11,14H,10H2,1-2H3,(H,20,23)(H,21,24)(H,22,25). The SMILES string of the molecule is CC(=O)NC(CC(=O)NNC(=O)C(C)Oc1ccccc1F)c1cccs1. The van der Waals surface area contributed by atoms with Crippen molar-refractivity contribution in [2.24, 2.45) is 0 Å². The molecule has 0 aliphatic carbocycles. The summed E-state index contributed by atoms with van der Waals surface area (Å²) in [4.78, 5) is 36.3. The number of para-hydroxylation sites is 1. The number of amides is 3. The predicted molar refractivity (Wildman–Crippen MR) is 98.3 cm³/mol. The largest absolute Gasteiger partial charge is 0.478 e. The number of benzene rings is 1. The van der Waals surface area contributed by atoms with E-state index in [1.807, 2.05) is 11.4 Å². The number of halogens is 1. The lowest BCUT2D eigenvalue weighted by molar-refractivity contribution is -0.133. The molecule has 144 valence electrons. The molecule has 0 saturated heterocycles. The Kier molecular flexibility index (Phi) is 7.30. The molecular weight excluding hydrogens is 373 g/mol. The van der Waals surface area contributed by atoms with Crippen molar-refractivity contribution in [3.05, 3.63) is 52.5 Å². The highest BCUT2D eigenvalue weighted by Gasteiger charge is 2.20. The van der Waals surface area contributed by atoms with Gasteiger partial charge in [-0.2, -0.15) is 0 Å². The summed E-state index contributed by atoms with van der Waals surface area (Å²) in [6, 6.07) is 8.83. The minimum atomic E-state index is -1.02. The molecule has 1 aromatic carbocycles. The molecule has 0 aliphatic heterocycles. The van der Waals surface area contributed by atoms with E-state index in [1.165, 1.54) is 43.4 Å². The molecule has 9 heteroatoms. The van der Waals surface area contributed by atoms with Crippen LogP contribution in [0.2, 0.25) is 0 Å². The fraction of sp³-hybridized carbons (Fsp3) is 0.278. The maximum Gasteiger partial charge on any atom is 0.279 e. The number of hydrogen-bond acceptors (Lipinski definition) is 5. The highest BCUT2D eigenvalue weighted by molar-refractivity contribution is 7.10. The Labute approximate surface area is 159 Å². The fourth-order valence-corrected chi connectivity index (χ4v) is 2.99. The van der Waals surface area contributed by atoms with E-state index in [9.17, 15) is 18.8 Å². The summed E-state index contributed by atoms with van der Waals surface area (Å²) in [7, 11) is 0. The van der Waals surface area contributed by atoms with Gasteiger partial charge in [-0.05, 0) is 30.5 Å². The molecule has 2 unspecified atom stereocenters. The fourth-order valence-electron chi connectivity index (χ4n) is 2.21. The molecule has 0 saturated carbocycles. The van der Waals surface area contributed by atoms with Crippen LogP contribution in [-0.4, -0.2) is 23.8 Å². The van der Waals surface area contributed by atoms with E-state index in [1.54, 1.807) is 12.1 Å². The van der Waals surface area contributed by atoms with E-state index < -0.39 is 29.8 Å². The number of ether oxygens (including phenoxy) is 1. The van der Waals surface area contributed by atoms with Gasteiger partial charge in [0.2, 0.25) is 11.8 Å². The molecule has 7 nitrogen and oxygen atoms in total. The van der Waals surface area contributed by atoms with E-state index >= 15 is 0 Å². The molecule has 2 atom stereocenters. The van der Waals surface area contributed by atoms with Crippen LogP contribution >= 0.6 is 11.3 Å². The zero-order chi connectivity index (χ0) is 19.8.